The monoisotopic (exact) mass is 527 g/mol. The molecular formula is C25H26F5N3O4. The van der Waals surface area contributed by atoms with Gasteiger partial charge in [0, 0.05) is 28.4 Å². The van der Waals surface area contributed by atoms with E-state index in [-0.39, 0.29) is 41.1 Å². The summed E-state index contributed by atoms with van der Waals surface area (Å²) in [6, 6.07) is 3.22. The van der Waals surface area contributed by atoms with E-state index in [1.165, 1.54) is 12.3 Å². The van der Waals surface area contributed by atoms with Gasteiger partial charge >= 0.3 is 12.1 Å². The van der Waals surface area contributed by atoms with Gasteiger partial charge in [0.25, 0.3) is 5.91 Å². The zero-order valence-corrected chi connectivity index (χ0v) is 20.4. The fraction of sp³-hybridized carbons (Fsp3) is 0.320. The summed E-state index contributed by atoms with van der Waals surface area (Å²) in [5.74, 6) is -4.58. The Morgan fingerprint density at radius 3 is 2.35 bits per heavy atom. The standard InChI is InChI=1S/C25H26F5N3O4/c1-5-14(12-31-33-13(3)4)21-18(24(36)37-6-2)10-16(11-20(21)27)32-23(35)22(34)17-8-7-15(9-19(17)26)25(28,29)30/h5,7-13,22,33-34H,6H2,1-4H3,(H,32,35)/b14-5+,31-12-. The van der Waals surface area contributed by atoms with Crippen LogP contribution in [0.15, 0.2) is 41.5 Å². The van der Waals surface area contributed by atoms with Gasteiger partial charge in [0.2, 0.25) is 0 Å². The molecule has 37 heavy (non-hydrogen) atoms. The minimum Gasteiger partial charge on any atom is -0.462 e. The number of hydrogen-bond donors (Lipinski definition) is 3. The van der Waals surface area contributed by atoms with Crippen molar-refractivity contribution in [3.8, 4) is 0 Å². The molecule has 2 rings (SSSR count). The van der Waals surface area contributed by atoms with Gasteiger partial charge < -0.3 is 20.6 Å². The number of aliphatic hydroxyl groups excluding tert-OH is 1. The molecule has 0 spiro atoms. The van der Waals surface area contributed by atoms with Crippen LogP contribution in [0.4, 0.5) is 27.6 Å². The highest BCUT2D eigenvalue weighted by Gasteiger charge is 2.32. The van der Waals surface area contributed by atoms with E-state index < -0.39 is 46.9 Å². The van der Waals surface area contributed by atoms with E-state index in [2.05, 4.69) is 15.8 Å². The molecule has 200 valence electrons. The van der Waals surface area contributed by atoms with Crippen molar-refractivity contribution in [3.63, 3.8) is 0 Å². The van der Waals surface area contributed by atoms with Crippen LogP contribution in [0.3, 0.4) is 0 Å². The number of rotatable bonds is 9. The Kier molecular flexibility index (Phi) is 9.89. The molecule has 2 aromatic carbocycles. The number of esters is 1. The number of aliphatic hydroxyl groups is 1. The predicted molar refractivity (Wildman–Crippen MR) is 128 cm³/mol. The largest absolute Gasteiger partial charge is 0.462 e. The maximum Gasteiger partial charge on any atom is 0.416 e. The number of allylic oxidation sites excluding steroid dienone is 2. The topological polar surface area (TPSA) is 100 Å². The lowest BCUT2D eigenvalue weighted by atomic mass is 9.98. The summed E-state index contributed by atoms with van der Waals surface area (Å²) < 4.78 is 72.7. The summed E-state index contributed by atoms with van der Waals surface area (Å²) in [5, 5.41) is 16.4. The number of ether oxygens (including phenoxy) is 1. The Bertz CT molecular complexity index is 1210. The number of nitrogens with one attached hydrogen (secondary N) is 2. The Hall–Kier alpha value is -3.80. The summed E-state index contributed by atoms with van der Waals surface area (Å²) >= 11 is 0. The molecule has 2 aromatic rings. The van der Waals surface area contributed by atoms with Crippen LogP contribution in [0.5, 0.6) is 0 Å². The molecule has 0 fully saturated rings. The Morgan fingerprint density at radius 1 is 1.14 bits per heavy atom. The Labute approximate surface area is 210 Å². The fourth-order valence-electron chi connectivity index (χ4n) is 3.16. The number of carbonyl (C=O) groups is 2. The number of hydrazone groups is 1. The third-order valence-electron chi connectivity index (χ3n) is 4.86. The number of carbonyl (C=O) groups excluding carboxylic acids is 2. The minimum absolute atomic E-state index is 0.0118. The van der Waals surface area contributed by atoms with Gasteiger partial charge in [0.1, 0.15) is 11.6 Å². The minimum atomic E-state index is -4.82. The quantitative estimate of drug-likeness (QED) is 0.180. The van der Waals surface area contributed by atoms with E-state index in [0.717, 1.165) is 12.1 Å². The smallest absolute Gasteiger partial charge is 0.416 e. The molecule has 0 radical (unpaired) electrons. The average Bonchev–Trinajstić information content (AvgIpc) is 2.81. The van der Waals surface area contributed by atoms with Crippen molar-refractivity contribution in [1.82, 2.24) is 5.43 Å². The lowest BCUT2D eigenvalue weighted by molar-refractivity contribution is -0.137. The summed E-state index contributed by atoms with van der Waals surface area (Å²) in [6.07, 6.45) is -4.24. The first-order valence-corrected chi connectivity index (χ1v) is 11.1. The first-order valence-electron chi connectivity index (χ1n) is 11.1. The molecule has 0 heterocycles. The predicted octanol–water partition coefficient (Wildman–Crippen LogP) is 5.22. The highest BCUT2D eigenvalue weighted by atomic mass is 19.4. The van der Waals surface area contributed by atoms with Gasteiger partial charge in [0.15, 0.2) is 6.10 Å². The number of nitrogens with zero attached hydrogens (tertiary/aromatic N) is 1. The van der Waals surface area contributed by atoms with Gasteiger partial charge in [-0.2, -0.15) is 18.3 Å². The van der Waals surface area contributed by atoms with Crippen molar-refractivity contribution < 1.29 is 41.4 Å². The zero-order valence-electron chi connectivity index (χ0n) is 20.4. The molecule has 12 heteroatoms. The molecule has 1 unspecified atom stereocenters. The summed E-state index contributed by atoms with van der Waals surface area (Å²) in [4.78, 5) is 25.1. The van der Waals surface area contributed by atoms with E-state index in [1.807, 2.05) is 13.8 Å². The molecule has 0 bridgehead atoms. The molecule has 1 atom stereocenters. The number of hydrogen-bond acceptors (Lipinski definition) is 6. The van der Waals surface area contributed by atoms with Crippen LogP contribution < -0.4 is 10.7 Å². The molecule has 0 aromatic heterocycles. The first-order chi connectivity index (χ1) is 17.3. The number of alkyl halides is 3. The van der Waals surface area contributed by atoms with Crippen molar-refractivity contribution in [2.24, 2.45) is 5.10 Å². The van der Waals surface area contributed by atoms with E-state index in [4.69, 9.17) is 4.74 Å². The van der Waals surface area contributed by atoms with Crippen LogP contribution in [0, 0.1) is 11.6 Å². The van der Waals surface area contributed by atoms with Gasteiger partial charge in [-0.15, -0.1) is 0 Å². The zero-order chi connectivity index (χ0) is 27.9. The number of halogens is 5. The van der Waals surface area contributed by atoms with Crippen LogP contribution >= 0.6 is 0 Å². The average molecular weight is 527 g/mol. The molecule has 0 aliphatic heterocycles. The van der Waals surface area contributed by atoms with Crippen LogP contribution in [-0.4, -0.2) is 35.8 Å². The summed E-state index contributed by atoms with van der Waals surface area (Å²) in [6.45, 7) is 6.77. The number of anilines is 1. The van der Waals surface area contributed by atoms with Crippen molar-refractivity contribution in [2.45, 2.75) is 46.0 Å². The van der Waals surface area contributed by atoms with E-state index in [1.54, 1.807) is 13.8 Å². The Morgan fingerprint density at radius 2 is 1.81 bits per heavy atom. The van der Waals surface area contributed by atoms with Crippen molar-refractivity contribution >= 4 is 29.4 Å². The summed E-state index contributed by atoms with van der Waals surface area (Å²) in [7, 11) is 0. The lowest BCUT2D eigenvalue weighted by Gasteiger charge is -2.16. The molecule has 3 N–H and O–H groups in total. The molecule has 7 nitrogen and oxygen atoms in total. The highest BCUT2D eigenvalue weighted by molar-refractivity contribution is 6.14. The normalized spacial score (nSPS) is 13.1. The second-order valence-corrected chi connectivity index (χ2v) is 8.01. The molecule has 0 saturated carbocycles. The number of amides is 1. The van der Waals surface area contributed by atoms with E-state index in [9.17, 15) is 32.3 Å². The molecule has 1 amide bonds. The van der Waals surface area contributed by atoms with E-state index >= 15 is 4.39 Å². The third-order valence-corrected chi connectivity index (χ3v) is 4.86. The van der Waals surface area contributed by atoms with Crippen LogP contribution in [0.2, 0.25) is 0 Å². The van der Waals surface area contributed by atoms with Crippen LogP contribution in [-0.2, 0) is 15.7 Å². The van der Waals surface area contributed by atoms with E-state index in [0.29, 0.717) is 12.1 Å². The SMILES string of the molecule is C/C=C(\C=N/NC(C)C)c1c(F)cc(NC(=O)C(O)c2ccc(C(F)(F)F)cc2F)cc1C(=O)OCC. The molecule has 0 aliphatic carbocycles. The van der Waals surface area contributed by atoms with Crippen molar-refractivity contribution in [1.29, 1.82) is 0 Å². The van der Waals surface area contributed by atoms with Crippen molar-refractivity contribution in [2.75, 3.05) is 11.9 Å². The maximum absolute atomic E-state index is 15.2. The first kappa shape index (κ1) is 29.4. The molecule has 0 saturated heterocycles. The maximum atomic E-state index is 15.2. The lowest BCUT2D eigenvalue weighted by Crippen LogP contribution is -2.23. The van der Waals surface area contributed by atoms with Gasteiger partial charge in [0.05, 0.1) is 23.9 Å². The Balaban J connectivity index is 2.42. The van der Waals surface area contributed by atoms with Gasteiger partial charge in [-0.1, -0.05) is 12.1 Å². The molecular weight excluding hydrogens is 501 g/mol. The van der Waals surface area contributed by atoms with Crippen molar-refractivity contribution in [3.05, 3.63) is 70.3 Å². The van der Waals surface area contributed by atoms with Gasteiger partial charge in [-0.25, -0.2) is 13.6 Å². The fourth-order valence-corrected chi connectivity index (χ4v) is 3.16. The van der Waals surface area contributed by atoms with Gasteiger partial charge in [-0.05, 0) is 52.0 Å². The van der Waals surface area contributed by atoms with Crippen LogP contribution in [0.25, 0.3) is 5.57 Å². The number of benzene rings is 2. The third kappa shape index (κ3) is 7.59. The highest BCUT2D eigenvalue weighted by Crippen LogP contribution is 2.32. The summed E-state index contributed by atoms with van der Waals surface area (Å²) in [5.41, 5.74) is 0.248. The second-order valence-electron chi connectivity index (χ2n) is 8.01. The second kappa shape index (κ2) is 12.4. The molecule has 0 aliphatic rings. The van der Waals surface area contributed by atoms with Gasteiger partial charge in [-0.3, -0.25) is 4.79 Å². The van der Waals surface area contributed by atoms with Crippen LogP contribution in [0.1, 0.15) is 60.8 Å².